The van der Waals surface area contributed by atoms with Crippen LogP contribution in [0.4, 0.5) is 0 Å². The molecule has 1 aliphatic rings. The molecule has 1 saturated heterocycles. The van der Waals surface area contributed by atoms with Crippen LogP contribution in [0.1, 0.15) is 38.5 Å². The fourth-order valence-corrected chi connectivity index (χ4v) is 3.16. The number of carbonyl (C=O) groups excluding carboxylic acids is 1. The molecule has 6 nitrogen and oxygen atoms in total. The van der Waals surface area contributed by atoms with Gasteiger partial charge in [0.25, 0.3) is 0 Å². The molecule has 1 aromatic carbocycles. The Bertz CT molecular complexity index is 671. The van der Waals surface area contributed by atoms with E-state index in [4.69, 9.17) is 4.52 Å². The Balaban J connectivity index is 1.54. The van der Waals surface area contributed by atoms with Crippen molar-refractivity contribution in [2.45, 2.75) is 39.2 Å². The van der Waals surface area contributed by atoms with Gasteiger partial charge in [0.05, 0.1) is 12.5 Å². The van der Waals surface area contributed by atoms with Gasteiger partial charge in [0, 0.05) is 18.7 Å². The molecule has 1 aliphatic heterocycles. The van der Waals surface area contributed by atoms with Crippen LogP contribution in [0.2, 0.25) is 0 Å². The largest absolute Gasteiger partial charge is 0.356 e. The number of benzene rings is 1. The van der Waals surface area contributed by atoms with E-state index in [1.54, 1.807) is 0 Å². The third-order valence-electron chi connectivity index (χ3n) is 4.56. The first-order chi connectivity index (χ1) is 12.3. The smallest absolute Gasteiger partial charge is 0.241 e. The Morgan fingerprint density at radius 3 is 3.00 bits per heavy atom. The average Bonchev–Trinajstić information content (AvgIpc) is 3.11. The van der Waals surface area contributed by atoms with E-state index >= 15 is 0 Å². The van der Waals surface area contributed by atoms with Crippen LogP contribution in [0, 0.1) is 5.92 Å². The zero-order valence-corrected chi connectivity index (χ0v) is 14.8. The quantitative estimate of drug-likeness (QED) is 0.784. The van der Waals surface area contributed by atoms with Gasteiger partial charge in [-0.15, -0.1) is 0 Å². The van der Waals surface area contributed by atoms with Crippen LogP contribution in [0.25, 0.3) is 11.4 Å². The number of piperidine rings is 1. The summed E-state index contributed by atoms with van der Waals surface area (Å²) in [7, 11) is 0. The number of hydrogen-bond acceptors (Lipinski definition) is 5. The molecule has 1 aromatic heterocycles. The average molecular weight is 342 g/mol. The number of amides is 1. The van der Waals surface area contributed by atoms with E-state index in [0.717, 1.165) is 50.9 Å². The van der Waals surface area contributed by atoms with E-state index in [-0.39, 0.29) is 11.8 Å². The van der Waals surface area contributed by atoms with Crippen LogP contribution < -0.4 is 5.32 Å². The number of unbranched alkanes of at least 4 members (excludes halogenated alkanes) is 1. The summed E-state index contributed by atoms with van der Waals surface area (Å²) in [6.07, 6.45) is 4.10. The molecule has 1 amide bonds. The highest BCUT2D eigenvalue weighted by Crippen LogP contribution is 2.20. The van der Waals surface area contributed by atoms with Crippen LogP contribution in [-0.4, -0.2) is 40.6 Å². The molecule has 134 valence electrons. The predicted octanol–water partition coefficient (Wildman–Crippen LogP) is 2.86. The van der Waals surface area contributed by atoms with E-state index in [9.17, 15) is 4.79 Å². The maximum absolute atomic E-state index is 12.3. The number of carbonyl (C=O) groups is 1. The molecule has 1 unspecified atom stereocenters. The maximum atomic E-state index is 12.3. The summed E-state index contributed by atoms with van der Waals surface area (Å²) in [5.41, 5.74) is 0.948. The molecule has 6 heteroatoms. The highest BCUT2D eigenvalue weighted by molar-refractivity contribution is 5.78. The highest BCUT2D eigenvalue weighted by atomic mass is 16.5. The normalized spacial score (nSPS) is 18.2. The van der Waals surface area contributed by atoms with Crippen LogP contribution in [0.15, 0.2) is 34.9 Å². The van der Waals surface area contributed by atoms with Crippen LogP contribution >= 0.6 is 0 Å². The van der Waals surface area contributed by atoms with Crippen molar-refractivity contribution in [2.24, 2.45) is 5.92 Å². The minimum absolute atomic E-state index is 0.0575. The Labute approximate surface area is 148 Å². The van der Waals surface area contributed by atoms with Crippen molar-refractivity contribution in [1.82, 2.24) is 20.4 Å². The standard InChI is InChI=1S/C19H26N4O2/c1-2-3-11-20-19(24)16-10-7-12-23(13-16)14-17-21-18(22-25-17)15-8-5-4-6-9-15/h4-6,8-9,16H,2-3,7,10-14H2,1H3,(H,20,24). The molecule has 1 N–H and O–H groups in total. The van der Waals surface area contributed by atoms with E-state index in [1.165, 1.54) is 0 Å². The Morgan fingerprint density at radius 2 is 2.20 bits per heavy atom. The van der Waals surface area contributed by atoms with Gasteiger partial charge in [-0.1, -0.05) is 48.8 Å². The van der Waals surface area contributed by atoms with E-state index < -0.39 is 0 Å². The van der Waals surface area contributed by atoms with E-state index in [0.29, 0.717) is 18.3 Å². The fraction of sp³-hybridized carbons (Fsp3) is 0.526. The van der Waals surface area contributed by atoms with Crippen molar-refractivity contribution < 1.29 is 9.32 Å². The van der Waals surface area contributed by atoms with Crippen molar-refractivity contribution in [2.75, 3.05) is 19.6 Å². The molecular weight excluding hydrogens is 316 g/mol. The molecule has 0 bridgehead atoms. The number of nitrogens with one attached hydrogen (secondary N) is 1. The van der Waals surface area contributed by atoms with Crippen molar-refractivity contribution in [3.8, 4) is 11.4 Å². The number of rotatable bonds is 7. The molecule has 0 aliphatic carbocycles. The lowest BCUT2D eigenvalue weighted by atomic mass is 9.97. The Morgan fingerprint density at radius 1 is 1.36 bits per heavy atom. The number of hydrogen-bond donors (Lipinski definition) is 1. The molecule has 0 spiro atoms. The summed E-state index contributed by atoms with van der Waals surface area (Å²) in [6.45, 7) is 5.21. The lowest BCUT2D eigenvalue weighted by Crippen LogP contribution is -2.42. The van der Waals surface area contributed by atoms with E-state index in [1.807, 2.05) is 30.3 Å². The first-order valence-electron chi connectivity index (χ1n) is 9.14. The van der Waals surface area contributed by atoms with Crippen LogP contribution in [0.3, 0.4) is 0 Å². The van der Waals surface area contributed by atoms with Crippen molar-refractivity contribution in [1.29, 1.82) is 0 Å². The first-order valence-corrected chi connectivity index (χ1v) is 9.14. The molecule has 1 atom stereocenters. The SMILES string of the molecule is CCCCNC(=O)C1CCCN(Cc2nc(-c3ccccc3)no2)C1. The minimum Gasteiger partial charge on any atom is -0.356 e. The summed E-state index contributed by atoms with van der Waals surface area (Å²) in [6, 6.07) is 9.80. The molecule has 1 fully saturated rings. The van der Waals surface area contributed by atoms with Gasteiger partial charge >= 0.3 is 0 Å². The van der Waals surface area contributed by atoms with Gasteiger partial charge in [0.2, 0.25) is 17.6 Å². The molecule has 2 aromatic rings. The molecule has 25 heavy (non-hydrogen) atoms. The first kappa shape index (κ1) is 17.6. The van der Waals surface area contributed by atoms with Gasteiger partial charge in [-0.2, -0.15) is 4.98 Å². The van der Waals surface area contributed by atoms with Gasteiger partial charge in [0.15, 0.2) is 0 Å². The topological polar surface area (TPSA) is 71.3 Å². The minimum atomic E-state index is 0.0575. The fourth-order valence-electron chi connectivity index (χ4n) is 3.16. The number of aromatic nitrogens is 2. The maximum Gasteiger partial charge on any atom is 0.241 e. The zero-order valence-electron chi connectivity index (χ0n) is 14.8. The second-order valence-electron chi connectivity index (χ2n) is 6.60. The van der Waals surface area contributed by atoms with Gasteiger partial charge < -0.3 is 9.84 Å². The second-order valence-corrected chi connectivity index (χ2v) is 6.60. The molecule has 2 heterocycles. The van der Waals surface area contributed by atoms with Gasteiger partial charge in [0.1, 0.15) is 0 Å². The van der Waals surface area contributed by atoms with Gasteiger partial charge in [-0.3, -0.25) is 9.69 Å². The second kappa shape index (κ2) is 8.76. The van der Waals surface area contributed by atoms with Gasteiger partial charge in [-0.25, -0.2) is 0 Å². The van der Waals surface area contributed by atoms with Crippen molar-refractivity contribution in [3.63, 3.8) is 0 Å². The van der Waals surface area contributed by atoms with Crippen molar-refractivity contribution in [3.05, 3.63) is 36.2 Å². The summed E-state index contributed by atoms with van der Waals surface area (Å²) < 4.78 is 5.39. The lowest BCUT2D eigenvalue weighted by Gasteiger charge is -2.30. The highest BCUT2D eigenvalue weighted by Gasteiger charge is 2.26. The molecule has 0 radical (unpaired) electrons. The summed E-state index contributed by atoms with van der Waals surface area (Å²) in [5.74, 6) is 1.45. The molecule has 0 saturated carbocycles. The van der Waals surface area contributed by atoms with Gasteiger partial charge in [-0.05, 0) is 25.8 Å². The monoisotopic (exact) mass is 342 g/mol. The summed E-state index contributed by atoms with van der Waals surface area (Å²) in [4.78, 5) is 19.0. The molecule has 3 rings (SSSR count). The third kappa shape index (κ3) is 4.89. The number of nitrogens with zero attached hydrogens (tertiary/aromatic N) is 3. The summed E-state index contributed by atoms with van der Waals surface area (Å²) >= 11 is 0. The van der Waals surface area contributed by atoms with E-state index in [2.05, 4.69) is 27.3 Å². The Hall–Kier alpha value is -2.21. The third-order valence-corrected chi connectivity index (χ3v) is 4.56. The predicted molar refractivity (Wildman–Crippen MR) is 95.7 cm³/mol. The number of likely N-dealkylation sites (tertiary alicyclic amines) is 1. The van der Waals surface area contributed by atoms with Crippen LogP contribution in [-0.2, 0) is 11.3 Å². The lowest BCUT2D eigenvalue weighted by molar-refractivity contribution is -0.126. The summed E-state index contributed by atoms with van der Waals surface area (Å²) in [5, 5.41) is 7.11. The van der Waals surface area contributed by atoms with Crippen molar-refractivity contribution >= 4 is 5.91 Å². The zero-order chi connectivity index (χ0) is 17.5. The Kier molecular flexibility index (Phi) is 6.17. The van der Waals surface area contributed by atoms with Crippen LogP contribution in [0.5, 0.6) is 0 Å². The molecular formula is C19H26N4O2.